The Morgan fingerprint density at radius 1 is 1.23 bits per heavy atom. The number of rotatable bonds is 9. The summed E-state index contributed by atoms with van der Waals surface area (Å²) in [6.07, 6.45) is 2.69. The van der Waals surface area contributed by atoms with Crippen LogP contribution in [0.1, 0.15) is 34.9 Å². The SMILES string of the molecule is COCCN(CC(=O)N1CCc2sccc2C1COc1ccccc1C)C(=O)C1CC1. The van der Waals surface area contributed by atoms with E-state index in [0.717, 1.165) is 36.1 Å². The Labute approximate surface area is 187 Å². The van der Waals surface area contributed by atoms with Gasteiger partial charge in [0.1, 0.15) is 12.4 Å². The maximum Gasteiger partial charge on any atom is 0.242 e. The molecule has 6 nitrogen and oxygen atoms in total. The third-order valence-corrected chi connectivity index (χ3v) is 7.03. The molecule has 7 heteroatoms. The quantitative estimate of drug-likeness (QED) is 0.597. The average Bonchev–Trinajstić information content (AvgIpc) is 3.52. The first-order valence-electron chi connectivity index (χ1n) is 10.9. The van der Waals surface area contributed by atoms with Gasteiger partial charge in [0.25, 0.3) is 0 Å². The van der Waals surface area contributed by atoms with Crippen LogP contribution in [0.15, 0.2) is 35.7 Å². The Hall–Kier alpha value is -2.38. The fraction of sp³-hybridized carbons (Fsp3) is 0.500. The first-order chi connectivity index (χ1) is 15.1. The molecular formula is C24H30N2O4S. The van der Waals surface area contributed by atoms with Crippen LogP contribution < -0.4 is 4.74 Å². The van der Waals surface area contributed by atoms with E-state index in [-0.39, 0.29) is 30.3 Å². The van der Waals surface area contributed by atoms with E-state index < -0.39 is 0 Å². The molecule has 0 spiro atoms. The molecule has 4 rings (SSSR count). The summed E-state index contributed by atoms with van der Waals surface area (Å²) < 4.78 is 11.3. The summed E-state index contributed by atoms with van der Waals surface area (Å²) in [4.78, 5) is 31.0. The summed E-state index contributed by atoms with van der Waals surface area (Å²) in [5.41, 5.74) is 2.23. The second-order valence-corrected chi connectivity index (χ2v) is 9.26. The van der Waals surface area contributed by atoms with Crippen molar-refractivity contribution in [2.75, 3.05) is 40.0 Å². The number of para-hydroxylation sites is 1. The Kier molecular flexibility index (Phi) is 6.92. The molecule has 1 saturated carbocycles. The Balaban J connectivity index is 1.49. The fourth-order valence-corrected chi connectivity index (χ4v) is 5.00. The maximum absolute atomic E-state index is 13.4. The van der Waals surface area contributed by atoms with Crippen LogP contribution >= 0.6 is 11.3 Å². The molecule has 2 heterocycles. The van der Waals surface area contributed by atoms with Crippen LogP contribution in [0.5, 0.6) is 5.75 Å². The number of nitrogens with zero attached hydrogens (tertiary/aromatic N) is 2. The molecule has 31 heavy (non-hydrogen) atoms. The molecule has 1 unspecified atom stereocenters. The first kappa shape index (κ1) is 21.8. The molecule has 2 aliphatic rings. The van der Waals surface area contributed by atoms with Gasteiger partial charge >= 0.3 is 0 Å². The van der Waals surface area contributed by atoms with Gasteiger partial charge in [0.2, 0.25) is 11.8 Å². The van der Waals surface area contributed by atoms with E-state index >= 15 is 0 Å². The van der Waals surface area contributed by atoms with Gasteiger partial charge in [-0.15, -0.1) is 11.3 Å². The molecular weight excluding hydrogens is 412 g/mol. The number of amides is 2. The molecule has 166 valence electrons. The summed E-state index contributed by atoms with van der Waals surface area (Å²) in [7, 11) is 1.61. The van der Waals surface area contributed by atoms with Gasteiger partial charge in [0.15, 0.2) is 0 Å². The highest BCUT2D eigenvalue weighted by Crippen LogP contribution is 2.35. The highest BCUT2D eigenvalue weighted by Gasteiger charge is 2.37. The lowest BCUT2D eigenvalue weighted by atomic mass is 10.00. The molecule has 1 aromatic carbocycles. The molecule has 1 atom stereocenters. The van der Waals surface area contributed by atoms with E-state index in [1.807, 2.05) is 36.1 Å². The van der Waals surface area contributed by atoms with Crippen molar-refractivity contribution in [3.05, 3.63) is 51.7 Å². The average molecular weight is 443 g/mol. The van der Waals surface area contributed by atoms with E-state index in [2.05, 4.69) is 11.4 Å². The zero-order valence-electron chi connectivity index (χ0n) is 18.2. The van der Waals surface area contributed by atoms with E-state index in [0.29, 0.717) is 26.3 Å². The van der Waals surface area contributed by atoms with Crippen LogP contribution in [0.4, 0.5) is 0 Å². The normalized spacial score (nSPS) is 17.9. The third kappa shape index (κ3) is 5.10. The second kappa shape index (κ2) is 9.83. The molecule has 2 aromatic rings. The van der Waals surface area contributed by atoms with Crippen molar-refractivity contribution in [1.29, 1.82) is 0 Å². The van der Waals surface area contributed by atoms with Crippen LogP contribution in [-0.4, -0.2) is 61.6 Å². The van der Waals surface area contributed by atoms with Crippen LogP contribution in [-0.2, 0) is 20.7 Å². The Morgan fingerprint density at radius 3 is 2.77 bits per heavy atom. The number of ether oxygens (including phenoxy) is 2. The maximum atomic E-state index is 13.4. The third-order valence-electron chi connectivity index (χ3n) is 6.04. The summed E-state index contributed by atoms with van der Waals surface area (Å²) in [5.74, 6) is 0.962. The van der Waals surface area contributed by atoms with E-state index in [9.17, 15) is 9.59 Å². The van der Waals surface area contributed by atoms with E-state index in [4.69, 9.17) is 9.47 Å². The van der Waals surface area contributed by atoms with Gasteiger partial charge < -0.3 is 19.3 Å². The predicted molar refractivity (Wildman–Crippen MR) is 120 cm³/mol. The lowest BCUT2D eigenvalue weighted by Gasteiger charge is -2.37. The Bertz CT molecular complexity index is 924. The number of methoxy groups -OCH3 is 1. The topological polar surface area (TPSA) is 59.1 Å². The number of aryl methyl sites for hydroxylation is 1. The molecule has 1 aromatic heterocycles. The molecule has 1 fully saturated rings. The summed E-state index contributed by atoms with van der Waals surface area (Å²) in [6.45, 7) is 4.03. The standard InChI is InChI=1S/C24H30N2O4S/c1-17-5-3-4-6-21(17)30-16-20-19-10-14-31-22(19)9-11-26(20)23(27)15-25(12-13-29-2)24(28)18-7-8-18/h3-6,10,14,18,20H,7-9,11-13,15-16H2,1-2H3. The van der Waals surface area contributed by atoms with Crippen molar-refractivity contribution in [2.45, 2.75) is 32.2 Å². The van der Waals surface area contributed by atoms with Gasteiger partial charge in [-0.2, -0.15) is 0 Å². The second-order valence-electron chi connectivity index (χ2n) is 8.26. The van der Waals surface area contributed by atoms with Crippen molar-refractivity contribution in [1.82, 2.24) is 9.80 Å². The van der Waals surface area contributed by atoms with Gasteiger partial charge in [-0.25, -0.2) is 0 Å². The molecule has 0 saturated heterocycles. The molecule has 0 bridgehead atoms. The predicted octanol–water partition coefficient (Wildman–Crippen LogP) is 3.45. The highest BCUT2D eigenvalue weighted by atomic mass is 32.1. The van der Waals surface area contributed by atoms with Crippen LogP contribution in [0, 0.1) is 12.8 Å². The molecule has 1 aliphatic heterocycles. The fourth-order valence-electron chi connectivity index (χ4n) is 4.07. The summed E-state index contributed by atoms with van der Waals surface area (Å²) in [5, 5.41) is 2.08. The largest absolute Gasteiger partial charge is 0.491 e. The lowest BCUT2D eigenvalue weighted by molar-refractivity contribution is -0.143. The molecule has 0 radical (unpaired) electrons. The van der Waals surface area contributed by atoms with Gasteiger partial charge in [-0.05, 0) is 54.8 Å². The Morgan fingerprint density at radius 2 is 2.03 bits per heavy atom. The van der Waals surface area contributed by atoms with Gasteiger partial charge in [-0.1, -0.05) is 18.2 Å². The van der Waals surface area contributed by atoms with Crippen molar-refractivity contribution in [3.63, 3.8) is 0 Å². The van der Waals surface area contributed by atoms with Gasteiger partial charge in [0, 0.05) is 31.0 Å². The van der Waals surface area contributed by atoms with Crippen molar-refractivity contribution >= 4 is 23.2 Å². The van der Waals surface area contributed by atoms with Crippen molar-refractivity contribution < 1.29 is 19.1 Å². The van der Waals surface area contributed by atoms with Crippen LogP contribution in [0.25, 0.3) is 0 Å². The smallest absolute Gasteiger partial charge is 0.242 e. The monoisotopic (exact) mass is 442 g/mol. The van der Waals surface area contributed by atoms with E-state index in [1.54, 1.807) is 23.3 Å². The lowest BCUT2D eigenvalue weighted by Crippen LogP contribution is -2.48. The highest BCUT2D eigenvalue weighted by molar-refractivity contribution is 7.10. The zero-order chi connectivity index (χ0) is 21.8. The molecule has 1 aliphatic carbocycles. The van der Waals surface area contributed by atoms with Crippen molar-refractivity contribution in [2.24, 2.45) is 5.92 Å². The molecule has 2 amide bonds. The van der Waals surface area contributed by atoms with Crippen LogP contribution in [0.3, 0.4) is 0 Å². The summed E-state index contributed by atoms with van der Waals surface area (Å²) >= 11 is 1.74. The van der Waals surface area contributed by atoms with Crippen molar-refractivity contribution in [3.8, 4) is 5.75 Å². The first-order valence-corrected chi connectivity index (χ1v) is 11.8. The van der Waals surface area contributed by atoms with E-state index in [1.165, 1.54) is 4.88 Å². The molecule has 0 N–H and O–H groups in total. The minimum atomic E-state index is -0.151. The van der Waals surface area contributed by atoms with Gasteiger partial charge in [0.05, 0.1) is 19.2 Å². The number of carbonyl (C=O) groups is 2. The zero-order valence-corrected chi connectivity index (χ0v) is 19.0. The van der Waals surface area contributed by atoms with Crippen LogP contribution in [0.2, 0.25) is 0 Å². The minimum Gasteiger partial charge on any atom is -0.491 e. The number of carbonyl (C=O) groups excluding carboxylic acids is 2. The van der Waals surface area contributed by atoms with Gasteiger partial charge in [-0.3, -0.25) is 9.59 Å². The minimum absolute atomic E-state index is 0.0275. The number of thiophene rings is 1. The number of benzene rings is 1. The summed E-state index contributed by atoms with van der Waals surface area (Å²) in [6, 6.07) is 9.87. The number of fused-ring (bicyclic) bond motifs is 1. The number of hydrogen-bond donors (Lipinski definition) is 0. The number of hydrogen-bond acceptors (Lipinski definition) is 5.